The predicted octanol–water partition coefficient (Wildman–Crippen LogP) is 4.24. The number of anilines is 2. The molecule has 3 aromatic rings. The van der Waals surface area contributed by atoms with Crippen LogP contribution in [0.25, 0.3) is 10.9 Å². The van der Waals surface area contributed by atoms with Gasteiger partial charge in [0.25, 0.3) is 5.91 Å². The number of aryl methyl sites for hydroxylation is 1. The minimum atomic E-state index is -0.466. The molecule has 0 radical (unpaired) electrons. The number of halogens is 1. The number of aromatic nitrogens is 2. The molecule has 1 amide bonds. The lowest BCUT2D eigenvalue weighted by Crippen LogP contribution is -2.28. The maximum Gasteiger partial charge on any atom is 0.293 e. The highest BCUT2D eigenvalue weighted by molar-refractivity contribution is 6.09. The Morgan fingerprint density at radius 2 is 2.10 bits per heavy atom. The van der Waals surface area contributed by atoms with Crippen molar-refractivity contribution in [2.45, 2.75) is 39.7 Å². The first-order valence-electron chi connectivity index (χ1n) is 10.1. The molecule has 2 heterocycles. The van der Waals surface area contributed by atoms with Crippen molar-refractivity contribution < 1.29 is 19.1 Å². The average Bonchev–Trinajstić information content (AvgIpc) is 3.54. The number of carbonyl (C=O) groups is 1. The molecule has 0 atom stereocenters. The van der Waals surface area contributed by atoms with E-state index in [4.69, 9.17) is 9.94 Å². The van der Waals surface area contributed by atoms with Crippen molar-refractivity contribution in [2.75, 3.05) is 18.5 Å². The third kappa shape index (κ3) is 4.44. The number of rotatable bonds is 7. The Labute approximate surface area is 174 Å². The lowest BCUT2D eigenvalue weighted by atomic mass is 10.2. The van der Waals surface area contributed by atoms with Gasteiger partial charge in [-0.2, -0.15) is 0 Å². The second-order valence-corrected chi connectivity index (χ2v) is 6.83. The number of hydroxylamine groups is 1. The van der Waals surface area contributed by atoms with E-state index in [0.29, 0.717) is 11.4 Å². The molecule has 8 heteroatoms. The number of fused-ring (bicyclic) bond motifs is 1. The van der Waals surface area contributed by atoms with E-state index in [0.717, 1.165) is 29.3 Å². The Morgan fingerprint density at radius 1 is 1.33 bits per heavy atom. The van der Waals surface area contributed by atoms with Crippen LogP contribution in [0.4, 0.5) is 15.8 Å². The summed E-state index contributed by atoms with van der Waals surface area (Å²) in [6, 6.07) is 6.92. The van der Waals surface area contributed by atoms with Gasteiger partial charge in [0, 0.05) is 23.8 Å². The Hall–Kier alpha value is -2.97. The van der Waals surface area contributed by atoms with Crippen LogP contribution in [0.3, 0.4) is 0 Å². The third-order valence-corrected chi connectivity index (χ3v) is 4.67. The number of aliphatic hydroxyl groups excluding tert-OH is 1. The number of hydrogen-bond acceptors (Lipinski definition) is 5. The lowest BCUT2D eigenvalue weighted by Gasteiger charge is -2.13. The van der Waals surface area contributed by atoms with Crippen LogP contribution in [0.1, 0.15) is 48.8 Å². The van der Waals surface area contributed by atoms with E-state index in [9.17, 15) is 9.18 Å². The Kier molecular flexibility index (Phi) is 7.02. The van der Waals surface area contributed by atoms with Gasteiger partial charge in [-0.15, -0.1) is 0 Å². The molecule has 1 aromatic carbocycles. The molecule has 1 aliphatic carbocycles. The molecule has 1 fully saturated rings. The molecule has 0 spiro atoms. The average molecular weight is 414 g/mol. The summed E-state index contributed by atoms with van der Waals surface area (Å²) < 4.78 is 16.4. The highest BCUT2D eigenvalue weighted by atomic mass is 19.1. The highest BCUT2D eigenvalue weighted by Crippen LogP contribution is 2.43. The van der Waals surface area contributed by atoms with E-state index in [1.54, 1.807) is 24.5 Å². The second-order valence-electron chi connectivity index (χ2n) is 6.83. The zero-order valence-corrected chi connectivity index (χ0v) is 17.4. The predicted molar refractivity (Wildman–Crippen MR) is 114 cm³/mol. The molecule has 2 aromatic heterocycles. The highest BCUT2D eigenvalue weighted by Gasteiger charge is 2.33. The molecule has 0 bridgehead atoms. The monoisotopic (exact) mass is 414 g/mol. The van der Waals surface area contributed by atoms with Crippen LogP contribution in [0.5, 0.6) is 0 Å². The molecule has 7 nitrogen and oxygen atoms in total. The first-order chi connectivity index (χ1) is 14.6. The van der Waals surface area contributed by atoms with Gasteiger partial charge in [-0.05, 0) is 43.5 Å². The van der Waals surface area contributed by atoms with Crippen LogP contribution in [-0.4, -0.2) is 33.8 Å². The van der Waals surface area contributed by atoms with Crippen LogP contribution in [0.2, 0.25) is 0 Å². The molecular formula is C22H27FN4O3. The van der Waals surface area contributed by atoms with Crippen molar-refractivity contribution in [3.8, 4) is 0 Å². The van der Waals surface area contributed by atoms with Crippen molar-refractivity contribution in [3.63, 3.8) is 0 Å². The summed E-state index contributed by atoms with van der Waals surface area (Å²) >= 11 is 0. The van der Waals surface area contributed by atoms with Crippen LogP contribution < -0.4 is 10.8 Å². The fraction of sp³-hybridized carbons (Fsp3) is 0.364. The summed E-state index contributed by atoms with van der Waals surface area (Å²) in [4.78, 5) is 22.1. The van der Waals surface area contributed by atoms with E-state index >= 15 is 0 Å². The van der Waals surface area contributed by atoms with E-state index in [1.165, 1.54) is 6.07 Å². The summed E-state index contributed by atoms with van der Waals surface area (Å²) in [5.74, 6) is -0.870. The van der Waals surface area contributed by atoms with Crippen LogP contribution in [-0.2, 0) is 4.84 Å². The summed E-state index contributed by atoms with van der Waals surface area (Å²) in [5, 5.41) is 12.7. The minimum absolute atomic E-state index is 0.0215. The summed E-state index contributed by atoms with van der Waals surface area (Å²) in [7, 11) is 0. The summed E-state index contributed by atoms with van der Waals surface area (Å²) in [6.07, 6.45) is 5.25. The largest absolute Gasteiger partial charge is 0.394 e. The summed E-state index contributed by atoms with van der Waals surface area (Å²) in [5.41, 5.74) is 5.11. The van der Waals surface area contributed by atoms with Gasteiger partial charge in [0.15, 0.2) is 0 Å². The quantitative estimate of drug-likeness (QED) is 0.397. The molecule has 1 aliphatic rings. The van der Waals surface area contributed by atoms with Gasteiger partial charge in [0.2, 0.25) is 0 Å². The normalized spacial score (nSPS) is 13.0. The molecule has 0 unspecified atom stereocenters. The number of pyridine rings is 1. The fourth-order valence-corrected chi connectivity index (χ4v) is 3.29. The lowest BCUT2D eigenvalue weighted by molar-refractivity contribution is 0.0163. The first kappa shape index (κ1) is 21.7. The van der Waals surface area contributed by atoms with E-state index < -0.39 is 11.7 Å². The molecular weight excluding hydrogens is 387 g/mol. The van der Waals surface area contributed by atoms with Crippen molar-refractivity contribution >= 4 is 28.2 Å². The number of hydrogen-bond donors (Lipinski definition) is 3. The van der Waals surface area contributed by atoms with Crippen molar-refractivity contribution in [1.29, 1.82) is 0 Å². The van der Waals surface area contributed by atoms with Gasteiger partial charge in [0.05, 0.1) is 30.1 Å². The molecule has 0 saturated heterocycles. The number of nitrogens with zero attached hydrogens (tertiary/aromatic N) is 2. The Balaban J connectivity index is 0.00000124. The Morgan fingerprint density at radius 3 is 2.77 bits per heavy atom. The number of aliphatic hydroxyl groups is 1. The second kappa shape index (κ2) is 9.69. The molecule has 1 saturated carbocycles. The zero-order chi connectivity index (χ0) is 21.7. The Bertz CT molecular complexity index is 1030. The van der Waals surface area contributed by atoms with Crippen molar-refractivity contribution in [3.05, 3.63) is 53.7 Å². The van der Waals surface area contributed by atoms with E-state index in [1.807, 2.05) is 31.4 Å². The SMILES string of the molecule is CC.Cc1ccc(Nc2c(C(=O)NOCCO)n(C3CC3)c3ccncc23)c(F)c1. The molecule has 30 heavy (non-hydrogen) atoms. The van der Waals surface area contributed by atoms with Crippen molar-refractivity contribution in [2.24, 2.45) is 0 Å². The standard InChI is InChI=1S/C20H21FN4O3.C2H6/c1-12-2-5-16(15(21)10-12)23-18-14-11-22-7-6-17(14)25(13-3-4-13)19(18)20(27)24-28-9-8-26;1-2/h2,5-7,10-11,13,23,26H,3-4,8-9H2,1H3,(H,24,27);1-2H3. The topological polar surface area (TPSA) is 88.4 Å². The maximum atomic E-state index is 14.5. The smallest absolute Gasteiger partial charge is 0.293 e. The van der Waals surface area contributed by atoms with Gasteiger partial charge < -0.3 is 15.0 Å². The molecule has 3 N–H and O–H groups in total. The van der Waals surface area contributed by atoms with Gasteiger partial charge >= 0.3 is 0 Å². The molecule has 0 aliphatic heterocycles. The molecule has 4 rings (SSSR count). The van der Waals surface area contributed by atoms with Crippen LogP contribution in [0.15, 0.2) is 36.7 Å². The first-order valence-corrected chi connectivity index (χ1v) is 10.1. The van der Waals surface area contributed by atoms with Gasteiger partial charge in [-0.25, -0.2) is 9.87 Å². The van der Waals surface area contributed by atoms with Gasteiger partial charge in [0.1, 0.15) is 11.5 Å². The fourth-order valence-electron chi connectivity index (χ4n) is 3.29. The zero-order valence-electron chi connectivity index (χ0n) is 17.4. The number of benzene rings is 1. The van der Waals surface area contributed by atoms with Crippen LogP contribution in [0, 0.1) is 12.7 Å². The maximum absolute atomic E-state index is 14.5. The van der Waals surface area contributed by atoms with Gasteiger partial charge in [-0.1, -0.05) is 19.9 Å². The van der Waals surface area contributed by atoms with E-state index in [-0.39, 0.29) is 24.9 Å². The van der Waals surface area contributed by atoms with Crippen LogP contribution >= 0.6 is 0 Å². The summed E-state index contributed by atoms with van der Waals surface area (Å²) in [6.45, 7) is 5.58. The third-order valence-electron chi connectivity index (χ3n) is 4.67. The van der Waals surface area contributed by atoms with Crippen molar-refractivity contribution in [1.82, 2.24) is 15.0 Å². The minimum Gasteiger partial charge on any atom is -0.394 e. The number of amides is 1. The van der Waals surface area contributed by atoms with Gasteiger partial charge in [-0.3, -0.25) is 14.6 Å². The number of carbonyl (C=O) groups excluding carboxylic acids is 1. The van der Waals surface area contributed by atoms with E-state index in [2.05, 4.69) is 15.8 Å². The molecule has 160 valence electrons. The number of nitrogens with one attached hydrogen (secondary N) is 2.